The Morgan fingerprint density at radius 2 is 2.25 bits per heavy atom. The quantitative estimate of drug-likeness (QED) is 0.921. The molecule has 1 fully saturated rings. The fourth-order valence-electron chi connectivity index (χ4n) is 2.13. The van der Waals surface area contributed by atoms with Crippen LogP contribution in [-0.2, 0) is 12.8 Å². The lowest BCUT2D eigenvalue weighted by molar-refractivity contribution is 0.140. The van der Waals surface area contributed by atoms with Crippen LogP contribution in [0.25, 0.3) is 0 Å². The van der Waals surface area contributed by atoms with Gasteiger partial charge in [-0.25, -0.2) is 4.39 Å². The van der Waals surface area contributed by atoms with Crippen LogP contribution in [0.5, 0.6) is 0 Å². The normalized spacial score (nSPS) is 16.4. The SMILES string of the molecule is OC(Cc1nc(Cc2cccc(Cl)c2F)no1)C1CC1. The first-order valence-corrected chi connectivity index (χ1v) is 6.93. The van der Waals surface area contributed by atoms with Gasteiger partial charge in [-0.3, -0.25) is 0 Å². The number of rotatable bonds is 5. The molecule has 0 bridgehead atoms. The van der Waals surface area contributed by atoms with Crippen molar-refractivity contribution in [2.75, 3.05) is 0 Å². The van der Waals surface area contributed by atoms with Crippen molar-refractivity contribution in [1.29, 1.82) is 0 Å². The fraction of sp³-hybridized carbons (Fsp3) is 0.429. The van der Waals surface area contributed by atoms with Crippen LogP contribution in [0, 0.1) is 11.7 Å². The maximum absolute atomic E-state index is 13.8. The van der Waals surface area contributed by atoms with Crippen LogP contribution >= 0.6 is 11.6 Å². The van der Waals surface area contributed by atoms with E-state index in [4.69, 9.17) is 16.1 Å². The van der Waals surface area contributed by atoms with Crippen LogP contribution < -0.4 is 0 Å². The van der Waals surface area contributed by atoms with Gasteiger partial charge in [0.2, 0.25) is 5.89 Å². The van der Waals surface area contributed by atoms with Crippen LogP contribution in [0.15, 0.2) is 22.7 Å². The summed E-state index contributed by atoms with van der Waals surface area (Å²) in [5.41, 5.74) is 0.424. The minimum atomic E-state index is -0.460. The largest absolute Gasteiger partial charge is 0.392 e. The van der Waals surface area contributed by atoms with Crippen LogP contribution in [0.4, 0.5) is 4.39 Å². The molecule has 1 aromatic heterocycles. The molecule has 0 spiro atoms. The third-order valence-corrected chi connectivity index (χ3v) is 3.73. The highest BCUT2D eigenvalue weighted by molar-refractivity contribution is 6.30. The molecule has 1 N–H and O–H groups in total. The van der Waals surface area contributed by atoms with Gasteiger partial charge in [0, 0.05) is 6.42 Å². The van der Waals surface area contributed by atoms with Gasteiger partial charge in [-0.1, -0.05) is 28.9 Å². The molecule has 0 aliphatic heterocycles. The topological polar surface area (TPSA) is 59.2 Å². The molecule has 2 aromatic rings. The Labute approximate surface area is 120 Å². The second-order valence-electron chi connectivity index (χ2n) is 5.10. The summed E-state index contributed by atoms with van der Waals surface area (Å²) in [5.74, 6) is 0.681. The number of hydrogen-bond donors (Lipinski definition) is 1. The van der Waals surface area contributed by atoms with Gasteiger partial charge in [-0.2, -0.15) is 4.98 Å². The standard InChI is InChI=1S/C14H14ClFN2O2/c15-10-3-1-2-9(14(10)16)6-12-17-13(20-18-12)7-11(19)8-4-5-8/h1-3,8,11,19H,4-7H2. The molecule has 0 radical (unpaired) electrons. The van der Waals surface area contributed by atoms with Gasteiger partial charge >= 0.3 is 0 Å². The van der Waals surface area contributed by atoms with Gasteiger partial charge in [-0.05, 0) is 30.4 Å². The predicted octanol–water partition coefficient (Wildman–Crippen LogP) is 2.77. The average molecular weight is 297 g/mol. The van der Waals surface area contributed by atoms with Crippen LogP contribution in [0.3, 0.4) is 0 Å². The van der Waals surface area contributed by atoms with E-state index in [0.717, 1.165) is 12.8 Å². The number of aliphatic hydroxyl groups excluding tert-OH is 1. The Hall–Kier alpha value is -1.46. The average Bonchev–Trinajstić information content (AvgIpc) is 3.18. The van der Waals surface area contributed by atoms with Crippen molar-refractivity contribution in [1.82, 2.24) is 10.1 Å². The van der Waals surface area contributed by atoms with E-state index >= 15 is 0 Å². The van der Waals surface area contributed by atoms with E-state index in [1.807, 2.05) is 0 Å². The highest BCUT2D eigenvalue weighted by atomic mass is 35.5. The summed E-state index contributed by atoms with van der Waals surface area (Å²) in [6, 6.07) is 4.81. The van der Waals surface area contributed by atoms with Gasteiger partial charge in [0.25, 0.3) is 0 Å². The summed E-state index contributed by atoms with van der Waals surface area (Å²) in [4.78, 5) is 4.18. The Bertz CT molecular complexity index is 613. The second kappa shape index (κ2) is 5.50. The van der Waals surface area contributed by atoms with Crippen LogP contribution in [0.2, 0.25) is 5.02 Å². The Balaban J connectivity index is 1.68. The van der Waals surface area contributed by atoms with Crippen molar-refractivity contribution in [2.45, 2.75) is 31.8 Å². The van der Waals surface area contributed by atoms with Crippen LogP contribution in [-0.4, -0.2) is 21.4 Å². The van der Waals surface area contributed by atoms with Crippen molar-refractivity contribution in [3.63, 3.8) is 0 Å². The molecule has 1 atom stereocenters. The maximum atomic E-state index is 13.8. The zero-order valence-corrected chi connectivity index (χ0v) is 11.5. The molecular formula is C14H14ClFN2O2. The molecule has 20 heavy (non-hydrogen) atoms. The monoisotopic (exact) mass is 296 g/mol. The van der Waals surface area contributed by atoms with E-state index < -0.39 is 11.9 Å². The molecule has 1 heterocycles. The zero-order valence-electron chi connectivity index (χ0n) is 10.7. The van der Waals surface area contributed by atoms with E-state index in [1.165, 1.54) is 6.07 Å². The third-order valence-electron chi connectivity index (χ3n) is 3.44. The lowest BCUT2D eigenvalue weighted by Gasteiger charge is -2.03. The van der Waals surface area contributed by atoms with Gasteiger partial charge in [-0.15, -0.1) is 0 Å². The molecule has 0 saturated heterocycles. The first-order chi connectivity index (χ1) is 9.63. The molecule has 0 amide bonds. The van der Waals surface area contributed by atoms with Gasteiger partial charge < -0.3 is 9.63 Å². The molecule has 1 unspecified atom stereocenters. The molecule has 4 nitrogen and oxygen atoms in total. The number of aromatic nitrogens is 2. The van der Waals surface area contributed by atoms with Gasteiger partial charge in [0.1, 0.15) is 5.82 Å². The highest BCUT2D eigenvalue weighted by Gasteiger charge is 2.31. The third kappa shape index (κ3) is 2.99. The highest BCUT2D eigenvalue weighted by Crippen LogP contribution is 2.33. The zero-order chi connectivity index (χ0) is 14.1. The molecule has 106 valence electrons. The summed E-state index contributed by atoms with van der Waals surface area (Å²) in [6.45, 7) is 0. The smallest absolute Gasteiger partial charge is 0.229 e. The van der Waals surface area contributed by atoms with E-state index in [1.54, 1.807) is 12.1 Å². The molecular weight excluding hydrogens is 283 g/mol. The number of halogens is 2. The van der Waals surface area contributed by atoms with E-state index in [2.05, 4.69) is 10.1 Å². The first kappa shape index (κ1) is 13.5. The Morgan fingerprint density at radius 3 is 3.00 bits per heavy atom. The van der Waals surface area contributed by atoms with Crippen molar-refractivity contribution < 1.29 is 14.0 Å². The number of hydrogen-bond acceptors (Lipinski definition) is 4. The molecule has 3 rings (SSSR count). The molecule has 6 heteroatoms. The fourth-order valence-corrected chi connectivity index (χ4v) is 2.32. The minimum absolute atomic E-state index is 0.0790. The van der Waals surface area contributed by atoms with E-state index in [-0.39, 0.29) is 11.4 Å². The molecule has 1 aromatic carbocycles. The van der Waals surface area contributed by atoms with E-state index in [9.17, 15) is 9.50 Å². The van der Waals surface area contributed by atoms with Gasteiger partial charge in [0.15, 0.2) is 5.82 Å². The van der Waals surface area contributed by atoms with Crippen molar-refractivity contribution in [3.8, 4) is 0 Å². The van der Waals surface area contributed by atoms with Crippen molar-refractivity contribution in [2.24, 2.45) is 5.92 Å². The van der Waals surface area contributed by atoms with E-state index in [0.29, 0.717) is 29.6 Å². The lowest BCUT2D eigenvalue weighted by Crippen LogP contribution is -2.12. The minimum Gasteiger partial charge on any atom is -0.392 e. The predicted molar refractivity (Wildman–Crippen MR) is 70.9 cm³/mol. The number of aliphatic hydroxyl groups is 1. The van der Waals surface area contributed by atoms with Crippen molar-refractivity contribution in [3.05, 3.63) is 46.3 Å². The Kier molecular flexibility index (Phi) is 3.72. The molecule has 1 aliphatic carbocycles. The number of nitrogens with zero attached hydrogens (tertiary/aromatic N) is 2. The summed E-state index contributed by atoms with van der Waals surface area (Å²) in [6.07, 6.45) is 2.25. The molecule has 1 aliphatic rings. The summed E-state index contributed by atoms with van der Waals surface area (Å²) in [5, 5.41) is 13.7. The van der Waals surface area contributed by atoms with Crippen molar-refractivity contribution >= 4 is 11.6 Å². The van der Waals surface area contributed by atoms with Crippen LogP contribution in [0.1, 0.15) is 30.1 Å². The second-order valence-corrected chi connectivity index (χ2v) is 5.51. The first-order valence-electron chi connectivity index (χ1n) is 6.56. The summed E-state index contributed by atoms with van der Waals surface area (Å²) in [7, 11) is 0. The maximum Gasteiger partial charge on any atom is 0.229 e. The van der Waals surface area contributed by atoms with Gasteiger partial charge in [0.05, 0.1) is 17.5 Å². The number of benzene rings is 1. The summed E-state index contributed by atoms with van der Waals surface area (Å²) >= 11 is 5.72. The molecule has 1 saturated carbocycles. The summed E-state index contributed by atoms with van der Waals surface area (Å²) < 4.78 is 18.8. The lowest BCUT2D eigenvalue weighted by atomic mass is 10.1. The Morgan fingerprint density at radius 1 is 1.45 bits per heavy atom.